The molecule has 20 heavy (non-hydrogen) atoms. The maximum Gasteiger partial charge on any atom is 0.329 e. The normalized spacial score (nSPS) is 11.8. The van der Waals surface area contributed by atoms with Crippen molar-refractivity contribution in [3.8, 4) is 0 Å². The molecule has 0 saturated heterocycles. The Morgan fingerprint density at radius 1 is 1.40 bits per heavy atom. The quantitative estimate of drug-likeness (QED) is 0.766. The summed E-state index contributed by atoms with van der Waals surface area (Å²) in [7, 11) is 1.35. The molecule has 0 aromatic carbocycles. The van der Waals surface area contributed by atoms with Crippen molar-refractivity contribution in [2.45, 2.75) is 32.9 Å². The molecule has 0 bridgehead atoms. The fraction of sp³-hybridized carbons (Fsp3) is 0.500. The molecule has 0 radical (unpaired) electrons. The SMILES string of the molecule is Cn1c(=O)[nH]c2ncn(CC(=O)OC(C)(C)C)c2c1=O. The molecule has 8 nitrogen and oxygen atoms in total. The van der Waals surface area contributed by atoms with Crippen LogP contribution in [0.5, 0.6) is 0 Å². The molecule has 0 aliphatic carbocycles. The van der Waals surface area contributed by atoms with Crippen LogP contribution in [0.15, 0.2) is 15.9 Å². The number of carbonyl (C=O) groups excluding carboxylic acids is 1. The average Bonchev–Trinajstić information content (AvgIpc) is 2.66. The Morgan fingerprint density at radius 2 is 2.05 bits per heavy atom. The number of hydrogen-bond acceptors (Lipinski definition) is 5. The van der Waals surface area contributed by atoms with Gasteiger partial charge in [0.2, 0.25) is 0 Å². The summed E-state index contributed by atoms with van der Waals surface area (Å²) in [5, 5.41) is 0. The second-order valence-electron chi connectivity index (χ2n) is 5.45. The molecule has 0 fully saturated rings. The van der Waals surface area contributed by atoms with E-state index in [9.17, 15) is 14.4 Å². The highest BCUT2D eigenvalue weighted by Crippen LogP contribution is 2.09. The Bertz CT molecular complexity index is 775. The predicted molar refractivity (Wildman–Crippen MR) is 71.4 cm³/mol. The average molecular weight is 280 g/mol. The Kier molecular flexibility index (Phi) is 3.24. The number of nitrogens with one attached hydrogen (secondary N) is 1. The lowest BCUT2D eigenvalue weighted by Crippen LogP contribution is -2.34. The lowest BCUT2D eigenvalue weighted by molar-refractivity contribution is -0.155. The zero-order valence-electron chi connectivity index (χ0n) is 11.8. The highest BCUT2D eigenvalue weighted by Gasteiger charge is 2.18. The van der Waals surface area contributed by atoms with Gasteiger partial charge < -0.3 is 9.30 Å². The largest absolute Gasteiger partial charge is 0.459 e. The van der Waals surface area contributed by atoms with Gasteiger partial charge in [-0.2, -0.15) is 0 Å². The van der Waals surface area contributed by atoms with Crippen LogP contribution in [0.4, 0.5) is 0 Å². The van der Waals surface area contributed by atoms with E-state index >= 15 is 0 Å². The minimum absolute atomic E-state index is 0.144. The van der Waals surface area contributed by atoms with Gasteiger partial charge in [0.15, 0.2) is 11.2 Å². The van der Waals surface area contributed by atoms with E-state index in [1.54, 1.807) is 20.8 Å². The first kappa shape index (κ1) is 14.0. The molecule has 0 atom stereocenters. The van der Waals surface area contributed by atoms with Gasteiger partial charge >= 0.3 is 11.7 Å². The maximum absolute atomic E-state index is 12.0. The molecule has 0 amide bonds. The molecule has 8 heteroatoms. The fourth-order valence-corrected chi connectivity index (χ4v) is 1.77. The number of rotatable bonds is 2. The summed E-state index contributed by atoms with van der Waals surface area (Å²) in [6.07, 6.45) is 1.33. The van der Waals surface area contributed by atoms with E-state index in [0.29, 0.717) is 0 Å². The minimum Gasteiger partial charge on any atom is -0.459 e. The topological polar surface area (TPSA) is 99.0 Å². The fourth-order valence-electron chi connectivity index (χ4n) is 1.77. The Morgan fingerprint density at radius 3 is 2.65 bits per heavy atom. The van der Waals surface area contributed by atoms with Crippen molar-refractivity contribution < 1.29 is 9.53 Å². The summed E-state index contributed by atoms with van der Waals surface area (Å²) in [6.45, 7) is 5.13. The first-order chi connectivity index (χ1) is 9.19. The van der Waals surface area contributed by atoms with Crippen LogP contribution in [0.3, 0.4) is 0 Å². The Labute approximate surface area is 114 Å². The number of H-pyrrole nitrogens is 1. The van der Waals surface area contributed by atoms with Crippen molar-refractivity contribution in [2.75, 3.05) is 0 Å². The molecule has 0 unspecified atom stereocenters. The van der Waals surface area contributed by atoms with Crippen molar-refractivity contribution in [3.05, 3.63) is 27.2 Å². The molecule has 0 spiro atoms. The number of fused-ring (bicyclic) bond motifs is 1. The van der Waals surface area contributed by atoms with E-state index in [4.69, 9.17) is 4.74 Å². The number of hydrogen-bond donors (Lipinski definition) is 1. The predicted octanol–water partition coefficient (Wildman–Crippen LogP) is -0.235. The molecule has 2 aromatic rings. The van der Waals surface area contributed by atoms with Gasteiger partial charge in [-0.3, -0.25) is 19.1 Å². The first-order valence-electron chi connectivity index (χ1n) is 6.05. The van der Waals surface area contributed by atoms with E-state index in [1.165, 1.54) is 17.9 Å². The number of aromatic nitrogens is 4. The third kappa shape index (κ3) is 2.63. The van der Waals surface area contributed by atoms with Gasteiger partial charge in [-0.05, 0) is 20.8 Å². The molecular weight excluding hydrogens is 264 g/mol. The van der Waals surface area contributed by atoms with Crippen molar-refractivity contribution in [1.82, 2.24) is 19.1 Å². The van der Waals surface area contributed by atoms with Crippen LogP contribution in [-0.2, 0) is 23.1 Å². The third-order valence-corrected chi connectivity index (χ3v) is 2.59. The summed E-state index contributed by atoms with van der Waals surface area (Å²) in [4.78, 5) is 41.6. The summed E-state index contributed by atoms with van der Waals surface area (Å²) in [5.41, 5.74) is -1.35. The van der Waals surface area contributed by atoms with Crippen LogP contribution < -0.4 is 11.2 Å². The summed E-state index contributed by atoms with van der Waals surface area (Å²) in [5.74, 6) is -0.481. The third-order valence-electron chi connectivity index (χ3n) is 2.59. The molecule has 0 aliphatic rings. The van der Waals surface area contributed by atoms with Crippen LogP contribution in [-0.4, -0.2) is 30.7 Å². The number of nitrogens with zero attached hydrogens (tertiary/aromatic N) is 3. The van der Waals surface area contributed by atoms with E-state index in [2.05, 4.69) is 9.97 Å². The number of carbonyl (C=O) groups is 1. The van der Waals surface area contributed by atoms with Crippen molar-refractivity contribution in [3.63, 3.8) is 0 Å². The maximum atomic E-state index is 12.0. The van der Waals surface area contributed by atoms with Gasteiger partial charge in [0.05, 0.1) is 6.33 Å². The second-order valence-corrected chi connectivity index (χ2v) is 5.45. The van der Waals surface area contributed by atoms with Gasteiger partial charge in [-0.1, -0.05) is 0 Å². The minimum atomic E-state index is -0.604. The monoisotopic (exact) mass is 280 g/mol. The summed E-state index contributed by atoms with van der Waals surface area (Å²) in [6, 6.07) is 0. The van der Waals surface area contributed by atoms with Crippen molar-refractivity contribution in [1.29, 1.82) is 0 Å². The van der Waals surface area contributed by atoms with Crippen molar-refractivity contribution >= 4 is 17.1 Å². The van der Waals surface area contributed by atoms with Crippen LogP contribution in [0.2, 0.25) is 0 Å². The number of aromatic amines is 1. The smallest absolute Gasteiger partial charge is 0.329 e. The van der Waals surface area contributed by atoms with Crippen molar-refractivity contribution in [2.24, 2.45) is 7.05 Å². The molecule has 2 rings (SSSR count). The van der Waals surface area contributed by atoms with E-state index in [1.807, 2.05) is 0 Å². The van der Waals surface area contributed by atoms with E-state index < -0.39 is 22.8 Å². The number of ether oxygens (including phenoxy) is 1. The first-order valence-corrected chi connectivity index (χ1v) is 6.05. The van der Waals surface area contributed by atoms with E-state index in [-0.39, 0.29) is 17.7 Å². The van der Waals surface area contributed by atoms with Gasteiger partial charge in [0, 0.05) is 7.05 Å². The lowest BCUT2D eigenvalue weighted by Gasteiger charge is -2.19. The zero-order chi connectivity index (χ0) is 15.1. The highest BCUT2D eigenvalue weighted by atomic mass is 16.6. The summed E-state index contributed by atoms with van der Waals surface area (Å²) >= 11 is 0. The van der Waals surface area contributed by atoms with Crippen LogP contribution in [0.1, 0.15) is 20.8 Å². The Balaban J connectivity index is 2.42. The van der Waals surface area contributed by atoms with E-state index in [0.717, 1.165) is 4.57 Å². The van der Waals surface area contributed by atoms with Gasteiger partial charge in [0.25, 0.3) is 5.56 Å². The Hall–Kier alpha value is -2.38. The molecule has 2 aromatic heterocycles. The van der Waals surface area contributed by atoms with Gasteiger partial charge in [-0.15, -0.1) is 0 Å². The van der Waals surface area contributed by atoms with Crippen LogP contribution in [0, 0.1) is 0 Å². The number of imidazole rings is 1. The second kappa shape index (κ2) is 4.62. The van der Waals surface area contributed by atoms with Gasteiger partial charge in [-0.25, -0.2) is 9.78 Å². The molecule has 2 heterocycles. The van der Waals surface area contributed by atoms with Crippen LogP contribution in [0.25, 0.3) is 11.2 Å². The summed E-state index contributed by atoms with van der Waals surface area (Å²) < 4.78 is 7.47. The lowest BCUT2D eigenvalue weighted by atomic mass is 10.2. The number of esters is 1. The molecule has 108 valence electrons. The van der Waals surface area contributed by atoms with Crippen LogP contribution >= 0.6 is 0 Å². The standard InChI is InChI=1S/C12H16N4O4/c1-12(2,3)20-7(17)5-16-6-13-9-8(16)10(18)15(4)11(19)14-9/h6H,5H2,1-4H3,(H,14,19). The highest BCUT2D eigenvalue weighted by molar-refractivity contribution is 5.74. The zero-order valence-corrected chi connectivity index (χ0v) is 11.8. The molecule has 0 saturated carbocycles. The van der Waals surface area contributed by atoms with Gasteiger partial charge in [0.1, 0.15) is 12.1 Å². The molecule has 0 aliphatic heterocycles. The molecule has 1 N–H and O–H groups in total. The molecular formula is C12H16N4O4.